The molecule has 82 valence electrons. The molecule has 1 aromatic heterocycles. The van der Waals surface area contributed by atoms with Gasteiger partial charge in [-0.25, -0.2) is 0 Å². The van der Waals surface area contributed by atoms with Crippen molar-refractivity contribution in [3.63, 3.8) is 0 Å². The van der Waals surface area contributed by atoms with E-state index in [1.54, 1.807) is 0 Å². The van der Waals surface area contributed by atoms with E-state index in [-0.39, 0.29) is 0 Å². The van der Waals surface area contributed by atoms with Crippen molar-refractivity contribution in [2.75, 3.05) is 11.4 Å². The maximum atomic E-state index is 4.54. The zero-order valence-corrected chi connectivity index (χ0v) is 10.1. The Morgan fingerprint density at radius 2 is 2.00 bits per heavy atom. The molecule has 2 nitrogen and oxygen atoms in total. The first-order valence-corrected chi connectivity index (χ1v) is 5.85. The summed E-state index contributed by atoms with van der Waals surface area (Å²) in [6.45, 7) is 10.1. The van der Waals surface area contributed by atoms with Crippen LogP contribution in [0.25, 0.3) is 0 Å². The van der Waals surface area contributed by atoms with Gasteiger partial charge in [0, 0.05) is 18.8 Å². The van der Waals surface area contributed by atoms with Crippen LogP contribution in [0, 0.1) is 0 Å². The molecule has 0 spiro atoms. The SMILES string of the molecule is CC(C)c1nccc2c1N(C(C)C)CC2. The first-order valence-electron chi connectivity index (χ1n) is 5.85. The first kappa shape index (κ1) is 10.5. The van der Waals surface area contributed by atoms with Crippen molar-refractivity contribution in [2.45, 2.75) is 46.1 Å². The predicted octanol–water partition coefficient (Wildman–Crippen LogP) is 2.98. The summed E-state index contributed by atoms with van der Waals surface area (Å²) in [6, 6.07) is 2.75. The monoisotopic (exact) mass is 204 g/mol. The Labute approximate surface area is 92.3 Å². The molecule has 0 radical (unpaired) electrons. The quantitative estimate of drug-likeness (QED) is 0.736. The molecule has 1 aliphatic heterocycles. The summed E-state index contributed by atoms with van der Waals surface area (Å²) >= 11 is 0. The molecule has 0 aromatic carbocycles. The molecule has 0 fully saturated rings. The molecule has 2 heteroatoms. The van der Waals surface area contributed by atoms with Crippen molar-refractivity contribution in [1.82, 2.24) is 4.98 Å². The maximum Gasteiger partial charge on any atom is 0.0664 e. The minimum Gasteiger partial charge on any atom is -0.367 e. The third-order valence-electron chi connectivity index (χ3n) is 3.12. The van der Waals surface area contributed by atoms with Gasteiger partial charge in [0.1, 0.15) is 0 Å². The van der Waals surface area contributed by atoms with E-state index >= 15 is 0 Å². The lowest BCUT2D eigenvalue weighted by molar-refractivity contribution is 0.699. The summed E-state index contributed by atoms with van der Waals surface area (Å²) in [6.07, 6.45) is 3.13. The Morgan fingerprint density at radius 3 is 2.60 bits per heavy atom. The second-order valence-electron chi connectivity index (χ2n) is 4.90. The van der Waals surface area contributed by atoms with E-state index < -0.39 is 0 Å². The second kappa shape index (κ2) is 3.84. The summed E-state index contributed by atoms with van der Waals surface area (Å²) in [5, 5.41) is 0. The molecule has 2 heterocycles. The van der Waals surface area contributed by atoms with Crippen LogP contribution in [0.2, 0.25) is 0 Å². The molecular formula is C13H20N2. The molecule has 0 unspecified atom stereocenters. The average molecular weight is 204 g/mol. The normalized spacial score (nSPS) is 15.2. The summed E-state index contributed by atoms with van der Waals surface area (Å²) in [5.74, 6) is 0.513. The Kier molecular flexibility index (Phi) is 2.68. The van der Waals surface area contributed by atoms with Crippen LogP contribution in [0.5, 0.6) is 0 Å². The molecule has 1 aliphatic rings. The first-order chi connectivity index (χ1) is 7.11. The van der Waals surface area contributed by atoms with Crippen LogP contribution in [-0.2, 0) is 6.42 Å². The Balaban J connectivity index is 2.48. The summed E-state index contributed by atoms with van der Waals surface area (Å²) < 4.78 is 0. The van der Waals surface area contributed by atoms with Crippen molar-refractivity contribution in [3.05, 3.63) is 23.5 Å². The second-order valence-corrected chi connectivity index (χ2v) is 4.90. The molecule has 0 bridgehead atoms. The van der Waals surface area contributed by atoms with Gasteiger partial charge in [0.25, 0.3) is 0 Å². The third-order valence-corrected chi connectivity index (χ3v) is 3.12. The van der Waals surface area contributed by atoms with E-state index in [1.165, 1.54) is 23.4 Å². The van der Waals surface area contributed by atoms with E-state index in [9.17, 15) is 0 Å². The van der Waals surface area contributed by atoms with Gasteiger partial charge in [0.2, 0.25) is 0 Å². The Morgan fingerprint density at radius 1 is 1.27 bits per heavy atom. The highest BCUT2D eigenvalue weighted by Gasteiger charge is 2.25. The molecule has 0 amide bonds. The van der Waals surface area contributed by atoms with E-state index in [1.807, 2.05) is 6.20 Å². The van der Waals surface area contributed by atoms with Gasteiger partial charge in [-0.15, -0.1) is 0 Å². The van der Waals surface area contributed by atoms with E-state index in [2.05, 4.69) is 43.6 Å². The van der Waals surface area contributed by atoms with Crippen LogP contribution in [0.3, 0.4) is 0 Å². The minimum absolute atomic E-state index is 0.513. The number of nitrogens with zero attached hydrogens (tertiary/aromatic N) is 2. The molecular weight excluding hydrogens is 184 g/mol. The largest absolute Gasteiger partial charge is 0.367 e. The number of fused-ring (bicyclic) bond motifs is 1. The average Bonchev–Trinajstić information content (AvgIpc) is 2.60. The van der Waals surface area contributed by atoms with Gasteiger partial charge in [-0.1, -0.05) is 13.8 Å². The number of pyridine rings is 1. The fourth-order valence-electron chi connectivity index (χ4n) is 2.34. The number of anilines is 1. The highest BCUT2D eigenvalue weighted by Crippen LogP contribution is 2.35. The van der Waals surface area contributed by atoms with Gasteiger partial charge in [-0.2, -0.15) is 0 Å². The standard InChI is InChI=1S/C13H20N2/c1-9(2)12-13-11(5-7-14-12)6-8-15(13)10(3)4/h5,7,9-10H,6,8H2,1-4H3. The number of rotatable bonds is 2. The molecule has 0 saturated heterocycles. The summed E-state index contributed by atoms with van der Waals surface area (Å²) in [7, 11) is 0. The summed E-state index contributed by atoms with van der Waals surface area (Å²) in [5.41, 5.74) is 4.14. The highest BCUT2D eigenvalue weighted by atomic mass is 15.2. The van der Waals surface area contributed by atoms with Gasteiger partial charge < -0.3 is 4.90 Å². The molecule has 0 saturated carbocycles. The maximum absolute atomic E-state index is 4.54. The topological polar surface area (TPSA) is 16.1 Å². The smallest absolute Gasteiger partial charge is 0.0664 e. The molecule has 1 aromatic rings. The minimum atomic E-state index is 0.513. The van der Waals surface area contributed by atoms with Crippen molar-refractivity contribution < 1.29 is 0 Å². The van der Waals surface area contributed by atoms with Crippen molar-refractivity contribution in [1.29, 1.82) is 0 Å². The van der Waals surface area contributed by atoms with Crippen molar-refractivity contribution in [2.24, 2.45) is 0 Å². The van der Waals surface area contributed by atoms with Gasteiger partial charge in [0.15, 0.2) is 0 Å². The molecule has 0 aliphatic carbocycles. The van der Waals surface area contributed by atoms with Gasteiger partial charge in [-0.3, -0.25) is 4.98 Å². The fourth-order valence-corrected chi connectivity index (χ4v) is 2.34. The lowest BCUT2D eigenvalue weighted by atomic mass is 10.0. The van der Waals surface area contributed by atoms with Crippen molar-refractivity contribution in [3.8, 4) is 0 Å². The highest BCUT2D eigenvalue weighted by molar-refractivity contribution is 5.62. The van der Waals surface area contributed by atoms with Crippen LogP contribution in [0.4, 0.5) is 5.69 Å². The predicted molar refractivity (Wildman–Crippen MR) is 64.5 cm³/mol. The Hall–Kier alpha value is -1.05. The molecule has 0 atom stereocenters. The lowest BCUT2D eigenvalue weighted by Gasteiger charge is -2.26. The van der Waals surface area contributed by atoms with E-state index in [4.69, 9.17) is 0 Å². The van der Waals surface area contributed by atoms with Crippen LogP contribution < -0.4 is 4.90 Å². The molecule has 0 N–H and O–H groups in total. The van der Waals surface area contributed by atoms with E-state index in [0.717, 1.165) is 6.54 Å². The van der Waals surface area contributed by atoms with Crippen LogP contribution in [0.15, 0.2) is 12.3 Å². The zero-order valence-electron chi connectivity index (χ0n) is 10.1. The van der Waals surface area contributed by atoms with Gasteiger partial charge in [0.05, 0.1) is 11.4 Å². The lowest BCUT2D eigenvalue weighted by Crippen LogP contribution is -2.29. The zero-order chi connectivity index (χ0) is 11.0. The van der Waals surface area contributed by atoms with Crippen LogP contribution >= 0.6 is 0 Å². The molecule has 2 rings (SSSR count). The van der Waals surface area contributed by atoms with Crippen molar-refractivity contribution >= 4 is 5.69 Å². The Bertz CT molecular complexity index is 356. The number of hydrogen-bond donors (Lipinski definition) is 0. The van der Waals surface area contributed by atoms with Gasteiger partial charge in [-0.05, 0) is 37.8 Å². The van der Waals surface area contributed by atoms with E-state index in [0.29, 0.717) is 12.0 Å². The summed E-state index contributed by atoms with van der Waals surface area (Å²) in [4.78, 5) is 7.02. The molecule has 15 heavy (non-hydrogen) atoms. The number of hydrogen-bond acceptors (Lipinski definition) is 2. The fraction of sp³-hybridized carbons (Fsp3) is 0.615. The number of aromatic nitrogens is 1. The third kappa shape index (κ3) is 1.73. The van der Waals surface area contributed by atoms with Crippen LogP contribution in [-0.4, -0.2) is 17.6 Å². The van der Waals surface area contributed by atoms with Gasteiger partial charge >= 0.3 is 0 Å². The van der Waals surface area contributed by atoms with Crippen LogP contribution in [0.1, 0.15) is 44.9 Å².